The molecule has 3 aliphatic rings. The Morgan fingerprint density at radius 1 is 1.29 bits per heavy atom. The molecule has 1 saturated carbocycles. The van der Waals surface area contributed by atoms with E-state index in [1.807, 2.05) is 0 Å². The molecule has 3 rings (SSSR count). The lowest BCUT2D eigenvalue weighted by Gasteiger charge is -2.41. The van der Waals surface area contributed by atoms with Gasteiger partial charge >= 0.3 is 0 Å². The monoisotopic (exact) mass is 194 g/mol. The number of hydrogen-bond acceptors (Lipinski definition) is 2. The van der Waals surface area contributed by atoms with E-state index in [1.54, 1.807) is 0 Å². The maximum absolute atomic E-state index is 3.50. The average molecular weight is 194 g/mol. The molecule has 2 saturated heterocycles. The van der Waals surface area contributed by atoms with Crippen molar-refractivity contribution in [3.8, 4) is 0 Å². The largest absolute Gasteiger partial charge is 0.316 e. The maximum atomic E-state index is 3.50. The third kappa shape index (κ3) is 1.82. The predicted octanol–water partition coefficient (Wildman–Crippen LogP) is 1.47. The summed E-state index contributed by atoms with van der Waals surface area (Å²) in [6, 6.07) is 0. The number of piperidine rings is 1. The first-order valence-electron chi connectivity index (χ1n) is 6.29. The molecule has 2 aliphatic heterocycles. The minimum Gasteiger partial charge on any atom is -0.316 e. The quantitative estimate of drug-likeness (QED) is 0.732. The summed E-state index contributed by atoms with van der Waals surface area (Å²) in [7, 11) is 0. The van der Waals surface area contributed by atoms with Gasteiger partial charge in [-0.1, -0.05) is 0 Å². The Bertz CT molecular complexity index is 196. The lowest BCUT2D eigenvalue weighted by Crippen LogP contribution is -2.49. The summed E-state index contributed by atoms with van der Waals surface area (Å²) in [5.74, 6) is 0.972. The molecule has 1 atom stereocenters. The van der Waals surface area contributed by atoms with Crippen molar-refractivity contribution in [3.05, 3.63) is 0 Å². The number of nitrogens with one attached hydrogen (secondary N) is 1. The van der Waals surface area contributed by atoms with Crippen molar-refractivity contribution in [1.29, 1.82) is 0 Å². The summed E-state index contributed by atoms with van der Waals surface area (Å²) in [5, 5.41) is 3.50. The van der Waals surface area contributed by atoms with Gasteiger partial charge in [-0.3, -0.25) is 0 Å². The Morgan fingerprint density at radius 2 is 2.14 bits per heavy atom. The van der Waals surface area contributed by atoms with Crippen molar-refractivity contribution in [2.45, 2.75) is 32.1 Å². The van der Waals surface area contributed by atoms with E-state index in [2.05, 4.69) is 10.2 Å². The molecule has 0 amide bonds. The van der Waals surface area contributed by atoms with Crippen LogP contribution in [0, 0.1) is 11.3 Å². The van der Waals surface area contributed by atoms with E-state index in [4.69, 9.17) is 0 Å². The van der Waals surface area contributed by atoms with Gasteiger partial charge in [-0.05, 0) is 63.1 Å². The molecule has 0 bridgehead atoms. The molecular formula is C12H22N2. The highest BCUT2D eigenvalue weighted by atomic mass is 15.2. The van der Waals surface area contributed by atoms with Crippen LogP contribution in [0.15, 0.2) is 0 Å². The standard InChI is InChI=1S/C12H22N2/c1-2-11(8-13-6-1)3-7-14-9-12(10-14)4-5-12/h11,13H,1-10H2. The van der Waals surface area contributed by atoms with Crippen LogP contribution in [0.4, 0.5) is 0 Å². The Hall–Kier alpha value is -0.0800. The average Bonchev–Trinajstić information content (AvgIpc) is 2.94. The summed E-state index contributed by atoms with van der Waals surface area (Å²) < 4.78 is 0. The molecule has 2 heteroatoms. The summed E-state index contributed by atoms with van der Waals surface area (Å²) >= 11 is 0. The zero-order valence-corrected chi connectivity index (χ0v) is 9.10. The molecule has 2 heterocycles. The lowest BCUT2D eigenvalue weighted by atomic mass is 9.92. The van der Waals surface area contributed by atoms with Crippen LogP contribution < -0.4 is 5.32 Å². The van der Waals surface area contributed by atoms with Crippen LogP contribution in [0.2, 0.25) is 0 Å². The van der Waals surface area contributed by atoms with Crippen molar-refractivity contribution >= 4 is 0 Å². The Balaban J connectivity index is 1.33. The molecule has 0 aromatic heterocycles. The van der Waals surface area contributed by atoms with Crippen LogP contribution >= 0.6 is 0 Å². The molecule has 0 radical (unpaired) electrons. The normalized spacial score (nSPS) is 35.6. The number of nitrogens with zero attached hydrogens (tertiary/aromatic N) is 1. The second-order valence-corrected chi connectivity index (χ2v) is 5.71. The van der Waals surface area contributed by atoms with E-state index in [9.17, 15) is 0 Å². The summed E-state index contributed by atoms with van der Waals surface area (Å²) in [5.41, 5.74) is 0.852. The Morgan fingerprint density at radius 3 is 2.79 bits per heavy atom. The fourth-order valence-corrected chi connectivity index (χ4v) is 3.09. The minimum atomic E-state index is 0.852. The van der Waals surface area contributed by atoms with Crippen molar-refractivity contribution < 1.29 is 0 Å². The number of likely N-dealkylation sites (tertiary alicyclic amines) is 1. The molecule has 1 N–H and O–H groups in total. The first-order chi connectivity index (χ1) is 6.86. The summed E-state index contributed by atoms with van der Waals surface area (Å²) in [4.78, 5) is 2.67. The molecule has 0 aromatic rings. The second-order valence-electron chi connectivity index (χ2n) is 5.71. The van der Waals surface area contributed by atoms with Crippen molar-refractivity contribution in [1.82, 2.24) is 10.2 Å². The maximum Gasteiger partial charge on any atom is 0.00505 e. The molecule has 0 aromatic carbocycles. The Labute approximate surface area is 87.0 Å². The lowest BCUT2D eigenvalue weighted by molar-refractivity contribution is 0.0737. The highest BCUT2D eigenvalue weighted by molar-refractivity contribution is 5.05. The molecular weight excluding hydrogens is 172 g/mol. The topological polar surface area (TPSA) is 15.3 Å². The molecule has 1 unspecified atom stereocenters. The zero-order valence-electron chi connectivity index (χ0n) is 9.10. The minimum absolute atomic E-state index is 0.852. The van der Waals surface area contributed by atoms with Crippen LogP contribution in [0.5, 0.6) is 0 Å². The van der Waals surface area contributed by atoms with E-state index < -0.39 is 0 Å². The highest BCUT2D eigenvalue weighted by Crippen LogP contribution is 2.52. The van der Waals surface area contributed by atoms with Gasteiger partial charge in [0, 0.05) is 13.1 Å². The third-order valence-corrected chi connectivity index (χ3v) is 4.33. The van der Waals surface area contributed by atoms with Gasteiger partial charge < -0.3 is 10.2 Å². The van der Waals surface area contributed by atoms with Crippen LogP contribution in [-0.2, 0) is 0 Å². The van der Waals surface area contributed by atoms with Gasteiger partial charge in [0.15, 0.2) is 0 Å². The van der Waals surface area contributed by atoms with Crippen LogP contribution in [0.3, 0.4) is 0 Å². The van der Waals surface area contributed by atoms with Crippen LogP contribution in [0.25, 0.3) is 0 Å². The molecule has 3 fully saturated rings. The van der Waals surface area contributed by atoms with Gasteiger partial charge in [0.25, 0.3) is 0 Å². The van der Waals surface area contributed by atoms with Gasteiger partial charge in [-0.15, -0.1) is 0 Å². The molecule has 1 spiro atoms. The van der Waals surface area contributed by atoms with Crippen molar-refractivity contribution in [3.63, 3.8) is 0 Å². The van der Waals surface area contributed by atoms with Crippen molar-refractivity contribution in [2.75, 3.05) is 32.7 Å². The first kappa shape index (κ1) is 9.17. The SMILES string of the molecule is C1CNCC(CCN2CC3(CC3)C2)C1. The summed E-state index contributed by atoms with van der Waals surface area (Å²) in [6.45, 7) is 6.75. The van der Waals surface area contributed by atoms with Gasteiger partial charge in [0.05, 0.1) is 0 Å². The molecule has 14 heavy (non-hydrogen) atoms. The van der Waals surface area contributed by atoms with Gasteiger partial charge in [0.1, 0.15) is 0 Å². The molecule has 2 nitrogen and oxygen atoms in total. The van der Waals surface area contributed by atoms with E-state index >= 15 is 0 Å². The smallest absolute Gasteiger partial charge is 0.00505 e. The zero-order chi connectivity index (χ0) is 9.43. The predicted molar refractivity (Wildman–Crippen MR) is 58.3 cm³/mol. The number of hydrogen-bond donors (Lipinski definition) is 1. The van der Waals surface area contributed by atoms with Gasteiger partial charge in [-0.25, -0.2) is 0 Å². The Kier molecular flexibility index (Phi) is 2.29. The fourth-order valence-electron chi connectivity index (χ4n) is 3.09. The van der Waals surface area contributed by atoms with Crippen LogP contribution in [0.1, 0.15) is 32.1 Å². The van der Waals surface area contributed by atoms with Gasteiger partial charge in [0.2, 0.25) is 0 Å². The molecule has 80 valence electrons. The number of rotatable bonds is 3. The third-order valence-electron chi connectivity index (χ3n) is 4.33. The van der Waals surface area contributed by atoms with E-state index in [0.717, 1.165) is 11.3 Å². The van der Waals surface area contributed by atoms with E-state index in [0.29, 0.717) is 0 Å². The first-order valence-corrected chi connectivity index (χ1v) is 6.29. The second kappa shape index (κ2) is 3.49. The fraction of sp³-hybridized carbons (Fsp3) is 1.00. The van der Waals surface area contributed by atoms with Crippen LogP contribution in [-0.4, -0.2) is 37.6 Å². The van der Waals surface area contributed by atoms with Crippen molar-refractivity contribution in [2.24, 2.45) is 11.3 Å². The molecule has 1 aliphatic carbocycles. The van der Waals surface area contributed by atoms with E-state index in [-0.39, 0.29) is 0 Å². The highest BCUT2D eigenvalue weighted by Gasteiger charge is 2.51. The van der Waals surface area contributed by atoms with Gasteiger partial charge in [-0.2, -0.15) is 0 Å². The van der Waals surface area contributed by atoms with E-state index in [1.165, 1.54) is 64.8 Å². The summed E-state index contributed by atoms with van der Waals surface area (Å²) in [6.07, 6.45) is 7.34.